The van der Waals surface area contributed by atoms with Gasteiger partial charge in [-0.05, 0) is 24.2 Å². The molecule has 2 aromatic rings. The molecule has 128 valence electrons. The van der Waals surface area contributed by atoms with Crippen molar-refractivity contribution < 1.29 is 4.11 Å². The Kier molecular flexibility index (Phi) is 5.32. The summed E-state index contributed by atoms with van der Waals surface area (Å²) >= 11 is 0. The van der Waals surface area contributed by atoms with Crippen LogP contribution in [0.2, 0.25) is 19.6 Å². The molecule has 0 fully saturated rings. The minimum atomic E-state index is -3.60. The Morgan fingerprint density at radius 1 is 0.875 bits per heavy atom. The van der Waals surface area contributed by atoms with Gasteiger partial charge in [-0.25, -0.2) is 0 Å². The molecule has 24 heavy (non-hydrogen) atoms. The van der Waals surface area contributed by atoms with E-state index in [0.717, 1.165) is 10.4 Å². The molecule has 0 aliphatic carbocycles. The highest BCUT2D eigenvalue weighted by Gasteiger charge is 2.54. The van der Waals surface area contributed by atoms with E-state index < -0.39 is 22.3 Å². The molecule has 0 aromatic heterocycles. The molecule has 0 spiro atoms. The average molecular weight is 358 g/mol. The second kappa shape index (κ2) is 6.78. The van der Waals surface area contributed by atoms with Gasteiger partial charge in [0, 0.05) is 5.54 Å². The lowest BCUT2D eigenvalue weighted by Crippen LogP contribution is -2.77. The van der Waals surface area contributed by atoms with Gasteiger partial charge in [0.05, 0.1) is 0 Å². The van der Waals surface area contributed by atoms with Crippen molar-refractivity contribution in [3.8, 4) is 0 Å². The maximum Gasteiger partial charge on any atom is 0.379 e. The van der Waals surface area contributed by atoms with Crippen LogP contribution < -0.4 is 10.4 Å². The Morgan fingerprint density at radius 3 is 1.54 bits per heavy atom. The molecule has 2 rings (SSSR count). The lowest BCUT2D eigenvalue weighted by atomic mass is 10.1. The third-order valence-corrected chi connectivity index (χ3v) is 12.6. The summed E-state index contributed by atoms with van der Waals surface area (Å²) < 4.78 is 19.3. The fraction of sp³-hybridized carbons (Fsp3) is 0.300. The van der Waals surface area contributed by atoms with E-state index >= 15 is 4.11 Å². The van der Waals surface area contributed by atoms with Crippen LogP contribution in [0.4, 0.5) is 4.11 Å². The molecule has 2 aromatic carbocycles. The molecule has 0 amide bonds. The molecule has 4 heteroatoms. The summed E-state index contributed by atoms with van der Waals surface area (Å²) in [6, 6.07) is 19.4. The average Bonchev–Trinajstić information content (AvgIpc) is 2.55. The number of hydrogen-bond acceptors (Lipinski definition) is 1. The van der Waals surface area contributed by atoms with E-state index in [0.29, 0.717) is 0 Å². The number of halogens is 1. The van der Waals surface area contributed by atoms with Gasteiger partial charge in [-0.15, -0.1) is 6.58 Å². The summed E-state index contributed by atoms with van der Waals surface area (Å²) in [5.41, 5.74) is -0.420. The van der Waals surface area contributed by atoms with Crippen LogP contribution in [0.15, 0.2) is 73.3 Å². The van der Waals surface area contributed by atoms with Crippen LogP contribution in [0, 0.1) is 0 Å². The molecule has 0 aliphatic rings. The third kappa shape index (κ3) is 3.46. The minimum absolute atomic E-state index is 0.420. The van der Waals surface area contributed by atoms with Crippen molar-refractivity contribution in [2.24, 2.45) is 0 Å². The van der Waals surface area contributed by atoms with Crippen LogP contribution >= 0.6 is 0 Å². The summed E-state index contributed by atoms with van der Waals surface area (Å²) in [7, 11) is -5.59. The Labute approximate surface area is 148 Å². The van der Waals surface area contributed by atoms with Gasteiger partial charge in [0.1, 0.15) is 8.24 Å². The van der Waals surface area contributed by atoms with E-state index in [-0.39, 0.29) is 0 Å². The van der Waals surface area contributed by atoms with Crippen LogP contribution in [0.25, 0.3) is 0 Å². The van der Waals surface area contributed by atoms with Crippen molar-refractivity contribution in [1.29, 1.82) is 0 Å². The summed E-state index contributed by atoms with van der Waals surface area (Å²) in [6.45, 7) is 14.8. The van der Waals surface area contributed by atoms with Crippen molar-refractivity contribution in [2.75, 3.05) is 0 Å². The summed E-state index contributed by atoms with van der Waals surface area (Å²) in [5.74, 6) is 0. The Morgan fingerprint density at radius 2 is 1.25 bits per heavy atom. The van der Waals surface area contributed by atoms with E-state index in [4.69, 9.17) is 0 Å². The highest BCUT2D eigenvalue weighted by Crippen LogP contribution is 2.31. The number of hydrogen-bond donors (Lipinski definition) is 0. The summed E-state index contributed by atoms with van der Waals surface area (Å²) in [4.78, 5) is 0. The molecular weight excluding hydrogens is 329 g/mol. The predicted molar refractivity (Wildman–Crippen MR) is 108 cm³/mol. The zero-order valence-electron chi connectivity index (χ0n) is 15.4. The van der Waals surface area contributed by atoms with Gasteiger partial charge in [0.25, 0.3) is 0 Å². The largest absolute Gasteiger partial charge is 0.379 e. The van der Waals surface area contributed by atoms with Crippen molar-refractivity contribution in [3.05, 3.63) is 73.3 Å². The molecule has 0 unspecified atom stereocenters. The van der Waals surface area contributed by atoms with Crippen molar-refractivity contribution in [3.63, 3.8) is 0 Å². The Balaban J connectivity index is 2.81. The normalized spacial score (nSPS) is 13.1. The van der Waals surface area contributed by atoms with Crippen LogP contribution in [0.1, 0.15) is 13.8 Å². The van der Waals surface area contributed by atoms with Gasteiger partial charge in [0.2, 0.25) is 0 Å². The molecule has 0 heterocycles. The maximum atomic E-state index is 17.2. The topological polar surface area (TPSA) is 3.24 Å². The molecular formula is C20H28FNSi2. The van der Waals surface area contributed by atoms with Crippen LogP contribution in [0.5, 0.6) is 0 Å². The number of rotatable bonds is 6. The first-order valence-electron chi connectivity index (χ1n) is 8.38. The summed E-state index contributed by atoms with van der Waals surface area (Å²) in [6.07, 6.45) is 1.89. The predicted octanol–water partition coefficient (Wildman–Crippen LogP) is 4.31. The van der Waals surface area contributed by atoms with Gasteiger partial charge in [0.15, 0.2) is 0 Å². The fourth-order valence-electron chi connectivity index (χ4n) is 3.56. The molecule has 0 saturated heterocycles. The highest BCUT2D eigenvalue weighted by atomic mass is 28.4. The van der Waals surface area contributed by atoms with Crippen molar-refractivity contribution in [1.82, 2.24) is 4.23 Å². The molecule has 0 N–H and O–H groups in total. The molecule has 0 atom stereocenters. The zero-order chi connectivity index (χ0) is 18.0. The van der Waals surface area contributed by atoms with Gasteiger partial charge in [-0.2, -0.15) is 0 Å². The standard InChI is InChI=1S/C20H28FNSi2/c1-7-20(2,3)22(23(4,5)6)24(21,18-14-10-8-11-15-18)19-16-12-9-13-17-19/h7-17H,1H2,2-6H3. The smallest absolute Gasteiger partial charge is 0.305 e. The monoisotopic (exact) mass is 357 g/mol. The molecule has 0 bridgehead atoms. The van der Waals surface area contributed by atoms with E-state index in [1.807, 2.05) is 66.7 Å². The molecule has 0 aliphatic heterocycles. The lowest BCUT2D eigenvalue weighted by Gasteiger charge is -2.51. The second-order valence-electron chi connectivity index (χ2n) is 7.72. The zero-order valence-corrected chi connectivity index (χ0v) is 17.4. The Hall–Kier alpha value is -1.50. The first-order valence-corrected chi connectivity index (χ1v) is 13.7. The van der Waals surface area contributed by atoms with Crippen LogP contribution in [-0.4, -0.2) is 26.6 Å². The number of nitrogens with zero attached hydrogens (tertiary/aromatic N) is 1. The quantitative estimate of drug-likeness (QED) is 0.423. The Bertz CT molecular complexity index is 638. The van der Waals surface area contributed by atoms with Gasteiger partial charge in [-0.3, -0.25) is 4.11 Å². The van der Waals surface area contributed by atoms with Crippen molar-refractivity contribution in [2.45, 2.75) is 39.0 Å². The van der Waals surface area contributed by atoms with Gasteiger partial charge < -0.3 is 4.23 Å². The fourth-order valence-corrected chi connectivity index (χ4v) is 12.9. The van der Waals surface area contributed by atoms with Crippen LogP contribution in [0.3, 0.4) is 0 Å². The van der Waals surface area contributed by atoms with Gasteiger partial charge >= 0.3 is 8.57 Å². The third-order valence-electron chi connectivity index (χ3n) is 4.37. The van der Waals surface area contributed by atoms with Crippen LogP contribution in [-0.2, 0) is 0 Å². The van der Waals surface area contributed by atoms with E-state index in [1.165, 1.54) is 0 Å². The second-order valence-corrected chi connectivity index (χ2v) is 15.8. The molecule has 0 radical (unpaired) electrons. The number of benzene rings is 2. The van der Waals surface area contributed by atoms with Gasteiger partial charge in [-0.1, -0.05) is 86.4 Å². The van der Waals surface area contributed by atoms with E-state index in [2.05, 4.69) is 44.3 Å². The first kappa shape index (κ1) is 18.8. The molecule has 1 nitrogen and oxygen atoms in total. The summed E-state index contributed by atoms with van der Waals surface area (Å²) in [5, 5.41) is 1.60. The SMILES string of the molecule is C=CC(C)(C)N([Si](C)(C)C)[Si](F)(c1ccccc1)c1ccccc1. The lowest BCUT2D eigenvalue weighted by molar-refractivity contribution is 0.376. The maximum absolute atomic E-state index is 17.2. The first-order chi connectivity index (χ1) is 11.1. The minimum Gasteiger partial charge on any atom is -0.305 e. The highest BCUT2D eigenvalue weighted by molar-refractivity contribution is 7.02. The van der Waals surface area contributed by atoms with E-state index in [9.17, 15) is 0 Å². The molecule has 0 saturated carbocycles. The van der Waals surface area contributed by atoms with E-state index in [1.54, 1.807) is 0 Å². The van der Waals surface area contributed by atoms with Crippen molar-refractivity contribution >= 4 is 27.2 Å².